The molecule has 0 aromatic heterocycles. The summed E-state index contributed by atoms with van der Waals surface area (Å²) in [5, 5.41) is 3.50. The smallest absolute Gasteiger partial charge is 0.146 e. The zero-order valence-electron chi connectivity index (χ0n) is 12.6. The molecule has 2 aromatic carbocycles. The quantitative estimate of drug-likeness (QED) is 0.823. The lowest BCUT2D eigenvalue weighted by Gasteiger charge is -2.29. The van der Waals surface area contributed by atoms with Crippen LogP contribution in [0.3, 0.4) is 0 Å². The third kappa shape index (κ3) is 2.26. The molecule has 0 radical (unpaired) electrons. The zero-order valence-corrected chi connectivity index (χ0v) is 12.6. The number of hydrogen-bond acceptors (Lipinski definition) is 2. The Bertz CT molecular complexity index is 661. The molecule has 1 aliphatic heterocycles. The van der Waals surface area contributed by atoms with Gasteiger partial charge in [0.25, 0.3) is 0 Å². The molecule has 0 spiro atoms. The summed E-state index contributed by atoms with van der Waals surface area (Å²) in [4.78, 5) is 0. The van der Waals surface area contributed by atoms with E-state index in [0.717, 1.165) is 18.0 Å². The van der Waals surface area contributed by atoms with Crippen molar-refractivity contribution >= 4 is 5.69 Å². The molecule has 2 aromatic rings. The molecule has 0 saturated carbocycles. The van der Waals surface area contributed by atoms with E-state index in [1.54, 1.807) is 0 Å². The van der Waals surface area contributed by atoms with Gasteiger partial charge in [0.1, 0.15) is 11.9 Å². The minimum atomic E-state index is 0.0863. The Kier molecular flexibility index (Phi) is 3.17. The number of benzene rings is 2. The number of nitrogens with one attached hydrogen (secondary N) is 1. The summed E-state index contributed by atoms with van der Waals surface area (Å²) in [6, 6.07) is 10.9. The molecule has 104 valence electrons. The number of aryl methyl sites for hydroxylation is 4. The molecule has 20 heavy (non-hydrogen) atoms. The van der Waals surface area contributed by atoms with Crippen LogP contribution in [0.5, 0.6) is 5.75 Å². The summed E-state index contributed by atoms with van der Waals surface area (Å²) >= 11 is 0. The van der Waals surface area contributed by atoms with Crippen molar-refractivity contribution in [3.05, 3.63) is 58.1 Å². The van der Waals surface area contributed by atoms with Crippen LogP contribution in [0, 0.1) is 27.7 Å². The van der Waals surface area contributed by atoms with Gasteiger partial charge in [0.15, 0.2) is 0 Å². The van der Waals surface area contributed by atoms with E-state index in [4.69, 9.17) is 4.74 Å². The number of rotatable bonds is 1. The van der Waals surface area contributed by atoms with E-state index >= 15 is 0 Å². The van der Waals surface area contributed by atoms with Crippen molar-refractivity contribution in [1.29, 1.82) is 0 Å². The van der Waals surface area contributed by atoms with Gasteiger partial charge in [0.2, 0.25) is 0 Å². The Morgan fingerprint density at radius 3 is 2.50 bits per heavy atom. The van der Waals surface area contributed by atoms with Gasteiger partial charge in [-0.1, -0.05) is 24.3 Å². The first-order valence-corrected chi connectivity index (χ1v) is 7.13. The third-order valence-corrected chi connectivity index (χ3v) is 4.06. The molecule has 0 saturated heterocycles. The van der Waals surface area contributed by atoms with Gasteiger partial charge in [-0.2, -0.15) is 0 Å². The molecular weight excluding hydrogens is 246 g/mol. The van der Waals surface area contributed by atoms with Crippen molar-refractivity contribution < 1.29 is 4.74 Å². The van der Waals surface area contributed by atoms with Gasteiger partial charge < -0.3 is 10.1 Å². The van der Waals surface area contributed by atoms with Crippen LogP contribution in [0.2, 0.25) is 0 Å². The highest BCUT2D eigenvalue weighted by Crippen LogP contribution is 2.37. The van der Waals surface area contributed by atoms with E-state index < -0.39 is 0 Å². The van der Waals surface area contributed by atoms with E-state index in [9.17, 15) is 0 Å². The zero-order chi connectivity index (χ0) is 14.3. The topological polar surface area (TPSA) is 21.3 Å². The van der Waals surface area contributed by atoms with Crippen molar-refractivity contribution in [3.63, 3.8) is 0 Å². The normalized spacial score (nSPS) is 17.1. The maximum absolute atomic E-state index is 6.24. The second kappa shape index (κ2) is 4.86. The second-order valence-electron chi connectivity index (χ2n) is 5.79. The van der Waals surface area contributed by atoms with Crippen molar-refractivity contribution in [3.8, 4) is 5.75 Å². The van der Waals surface area contributed by atoms with Gasteiger partial charge in [-0.3, -0.25) is 0 Å². The molecule has 0 bridgehead atoms. The molecule has 2 nitrogen and oxygen atoms in total. The predicted octanol–water partition coefficient (Wildman–Crippen LogP) is 4.47. The summed E-state index contributed by atoms with van der Waals surface area (Å²) in [5.74, 6) is 0.991. The second-order valence-corrected chi connectivity index (χ2v) is 5.79. The number of fused-ring (bicyclic) bond motifs is 1. The molecule has 1 unspecified atom stereocenters. The lowest BCUT2D eigenvalue weighted by Crippen LogP contribution is -2.24. The van der Waals surface area contributed by atoms with Crippen LogP contribution >= 0.6 is 0 Å². The first-order valence-electron chi connectivity index (χ1n) is 7.13. The van der Waals surface area contributed by atoms with Crippen molar-refractivity contribution in [2.75, 3.05) is 11.9 Å². The maximum atomic E-state index is 6.24. The van der Waals surface area contributed by atoms with Gasteiger partial charge in [0, 0.05) is 0 Å². The minimum Gasteiger partial charge on any atom is -0.481 e. The number of hydrogen-bond donors (Lipinski definition) is 1. The average molecular weight is 267 g/mol. The van der Waals surface area contributed by atoms with Crippen LogP contribution in [-0.4, -0.2) is 6.54 Å². The van der Waals surface area contributed by atoms with E-state index in [0.29, 0.717) is 0 Å². The van der Waals surface area contributed by atoms with Crippen molar-refractivity contribution in [1.82, 2.24) is 0 Å². The lowest BCUT2D eigenvalue weighted by molar-refractivity contribution is 0.209. The van der Waals surface area contributed by atoms with E-state index in [2.05, 4.69) is 63.3 Å². The summed E-state index contributed by atoms with van der Waals surface area (Å²) in [6.07, 6.45) is 0.0863. The van der Waals surface area contributed by atoms with Crippen LogP contribution in [0.1, 0.15) is 33.9 Å². The average Bonchev–Trinajstić information content (AvgIpc) is 2.41. The molecule has 0 amide bonds. The first-order chi connectivity index (χ1) is 9.54. The molecule has 1 N–H and O–H groups in total. The van der Waals surface area contributed by atoms with Crippen LogP contribution in [-0.2, 0) is 0 Å². The molecule has 2 heteroatoms. The summed E-state index contributed by atoms with van der Waals surface area (Å²) < 4.78 is 6.24. The van der Waals surface area contributed by atoms with Gasteiger partial charge in [-0.05, 0) is 61.6 Å². The SMILES string of the molecule is Cc1cc(C)c2c(c1)NCC(c1ccc(C)c(C)c1)O2. The fraction of sp³-hybridized carbons (Fsp3) is 0.333. The summed E-state index contributed by atoms with van der Waals surface area (Å²) in [6.45, 7) is 9.33. The van der Waals surface area contributed by atoms with Gasteiger partial charge >= 0.3 is 0 Å². The number of ether oxygens (including phenoxy) is 1. The van der Waals surface area contributed by atoms with Gasteiger partial charge in [-0.25, -0.2) is 0 Å². The molecule has 3 rings (SSSR count). The van der Waals surface area contributed by atoms with E-state index in [1.807, 2.05) is 0 Å². The monoisotopic (exact) mass is 267 g/mol. The maximum Gasteiger partial charge on any atom is 0.146 e. The fourth-order valence-electron chi connectivity index (χ4n) is 2.78. The van der Waals surface area contributed by atoms with Crippen LogP contribution in [0.4, 0.5) is 5.69 Å². The summed E-state index contributed by atoms with van der Waals surface area (Å²) in [5.41, 5.74) is 7.46. The van der Waals surface area contributed by atoms with Crippen molar-refractivity contribution in [2.45, 2.75) is 33.8 Å². The van der Waals surface area contributed by atoms with Crippen LogP contribution in [0.15, 0.2) is 30.3 Å². The summed E-state index contributed by atoms with van der Waals surface area (Å²) in [7, 11) is 0. The Balaban J connectivity index is 1.93. The molecule has 1 atom stereocenters. The third-order valence-electron chi connectivity index (χ3n) is 4.06. The minimum absolute atomic E-state index is 0.0863. The Labute approximate surface area is 120 Å². The van der Waals surface area contributed by atoms with Gasteiger partial charge in [0.05, 0.1) is 12.2 Å². The molecule has 1 heterocycles. The fourth-order valence-corrected chi connectivity index (χ4v) is 2.78. The predicted molar refractivity (Wildman–Crippen MR) is 83.7 cm³/mol. The molecular formula is C18H21NO. The standard InChI is InChI=1S/C18H21NO/c1-11-7-14(4)18-16(8-11)19-10-17(20-18)15-6-5-12(2)13(3)9-15/h5-9,17,19H,10H2,1-4H3. The Morgan fingerprint density at radius 1 is 0.950 bits per heavy atom. The van der Waals surface area contributed by atoms with E-state index in [1.165, 1.54) is 27.8 Å². The lowest BCUT2D eigenvalue weighted by atomic mass is 10.0. The number of anilines is 1. The highest BCUT2D eigenvalue weighted by Gasteiger charge is 2.22. The Morgan fingerprint density at radius 2 is 1.75 bits per heavy atom. The highest BCUT2D eigenvalue weighted by molar-refractivity contribution is 5.63. The van der Waals surface area contributed by atoms with Gasteiger partial charge in [-0.15, -0.1) is 0 Å². The van der Waals surface area contributed by atoms with E-state index in [-0.39, 0.29) is 6.10 Å². The van der Waals surface area contributed by atoms with Crippen LogP contribution < -0.4 is 10.1 Å². The Hall–Kier alpha value is -1.96. The largest absolute Gasteiger partial charge is 0.481 e. The first kappa shape index (κ1) is 13.0. The highest BCUT2D eigenvalue weighted by atomic mass is 16.5. The van der Waals surface area contributed by atoms with Crippen LogP contribution in [0.25, 0.3) is 0 Å². The molecule has 1 aliphatic rings. The molecule has 0 fully saturated rings. The molecule has 0 aliphatic carbocycles. The van der Waals surface area contributed by atoms with Crippen molar-refractivity contribution in [2.24, 2.45) is 0 Å².